The van der Waals surface area contributed by atoms with E-state index in [-0.39, 0.29) is 5.92 Å². The molecule has 3 aliphatic rings. The fraction of sp³-hybridized carbons (Fsp3) is 0.520. The minimum atomic E-state index is 0.173. The van der Waals surface area contributed by atoms with E-state index >= 15 is 0 Å². The van der Waals surface area contributed by atoms with Gasteiger partial charge >= 0.3 is 0 Å². The van der Waals surface area contributed by atoms with E-state index in [1.165, 1.54) is 24.8 Å². The van der Waals surface area contributed by atoms with Crippen LogP contribution in [0.2, 0.25) is 0 Å². The van der Waals surface area contributed by atoms with Gasteiger partial charge in [0.2, 0.25) is 5.91 Å². The number of hydrogen-bond donors (Lipinski definition) is 1. The molecule has 2 bridgehead atoms. The Hall–Kier alpha value is -2.20. The summed E-state index contributed by atoms with van der Waals surface area (Å²) in [5.41, 5.74) is 9.95. The van der Waals surface area contributed by atoms with Crippen LogP contribution in [0.1, 0.15) is 50.5 Å². The van der Waals surface area contributed by atoms with Gasteiger partial charge in [0.1, 0.15) is 0 Å². The van der Waals surface area contributed by atoms with Crippen LogP contribution in [0.15, 0.2) is 48.8 Å². The van der Waals surface area contributed by atoms with Crippen LogP contribution in [0.4, 0.5) is 0 Å². The summed E-state index contributed by atoms with van der Waals surface area (Å²) in [6.45, 7) is 0.718. The number of rotatable bonds is 5. The monoisotopic (exact) mass is 389 g/mol. The first-order valence-corrected chi connectivity index (χ1v) is 11.2. The van der Waals surface area contributed by atoms with Crippen molar-refractivity contribution < 1.29 is 4.79 Å². The van der Waals surface area contributed by atoms with Crippen molar-refractivity contribution in [3.05, 3.63) is 54.4 Å². The Morgan fingerprint density at radius 3 is 2.48 bits per heavy atom. The third kappa shape index (κ3) is 3.95. The highest BCUT2D eigenvalue weighted by Gasteiger charge is 2.43. The van der Waals surface area contributed by atoms with Gasteiger partial charge in [0.25, 0.3) is 0 Å². The van der Waals surface area contributed by atoms with Crippen LogP contribution in [-0.4, -0.2) is 27.9 Å². The Bertz CT molecular complexity index is 849. The summed E-state index contributed by atoms with van der Waals surface area (Å²) in [5, 5.41) is 0. The molecule has 0 spiro atoms. The highest BCUT2D eigenvalue weighted by Crippen LogP contribution is 2.43. The number of benzene rings is 1. The standard InChI is InChI=1S/C25H31N3O/c26-24-19-6-2-7-20(24)14-22(13-19)25(29)28(23-9-10-23)16-17-4-1-5-18(12-17)21-8-3-11-27-15-21/h1,3-5,8,11-12,15,19-20,22-24H,2,6-7,9-10,13-14,16,26H2. The van der Waals surface area contributed by atoms with Gasteiger partial charge in [-0.05, 0) is 79.2 Å². The molecule has 3 saturated carbocycles. The van der Waals surface area contributed by atoms with Crippen molar-refractivity contribution in [3.8, 4) is 11.1 Å². The molecule has 29 heavy (non-hydrogen) atoms. The number of fused-ring (bicyclic) bond motifs is 2. The Morgan fingerprint density at radius 2 is 1.79 bits per heavy atom. The average Bonchev–Trinajstić information content (AvgIpc) is 3.57. The normalized spacial score (nSPS) is 28.7. The SMILES string of the molecule is NC1C2CCCC1CC(C(=O)N(Cc1cccc(-c3cccnc3)c1)C1CC1)C2. The molecule has 2 N–H and O–H groups in total. The molecule has 3 fully saturated rings. The fourth-order valence-corrected chi connectivity index (χ4v) is 5.58. The van der Waals surface area contributed by atoms with Crippen molar-refractivity contribution >= 4 is 5.91 Å². The molecule has 4 heteroatoms. The van der Waals surface area contributed by atoms with Gasteiger partial charge in [0, 0.05) is 36.9 Å². The fourth-order valence-electron chi connectivity index (χ4n) is 5.58. The smallest absolute Gasteiger partial charge is 0.226 e. The lowest BCUT2D eigenvalue weighted by Crippen LogP contribution is -2.50. The Balaban J connectivity index is 1.33. The van der Waals surface area contributed by atoms with Crippen LogP contribution in [0.3, 0.4) is 0 Å². The van der Waals surface area contributed by atoms with Gasteiger partial charge in [-0.15, -0.1) is 0 Å². The Labute approximate surface area is 173 Å². The van der Waals surface area contributed by atoms with Crippen LogP contribution in [-0.2, 0) is 11.3 Å². The summed E-state index contributed by atoms with van der Waals surface area (Å²) in [4.78, 5) is 20.0. The first-order valence-electron chi connectivity index (χ1n) is 11.2. The zero-order chi connectivity index (χ0) is 19.8. The lowest BCUT2D eigenvalue weighted by molar-refractivity contribution is -0.140. The van der Waals surface area contributed by atoms with E-state index in [0.29, 0.717) is 29.8 Å². The molecule has 152 valence electrons. The van der Waals surface area contributed by atoms with E-state index in [0.717, 1.165) is 43.4 Å². The number of hydrogen-bond acceptors (Lipinski definition) is 3. The van der Waals surface area contributed by atoms with Gasteiger partial charge in [0.05, 0.1) is 0 Å². The second kappa shape index (κ2) is 7.91. The number of pyridine rings is 1. The highest BCUT2D eigenvalue weighted by atomic mass is 16.2. The topological polar surface area (TPSA) is 59.2 Å². The second-order valence-corrected chi connectivity index (χ2v) is 9.34. The molecule has 1 amide bonds. The highest BCUT2D eigenvalue weighted by molar-refractivity contribution is 5.80. The molecule has 1 aromatic carbocycles. The third-order valence-electron chi connectivity index (χ3n) is 7.31. The number of nitrogens with two attached hydrogens (primary N) is 1. The summed E-state index contributed by atoms with van der Waals surface area (Å²) >= 11 is 0. The van der Waals surface area contributed by atoms with Gasteiger partial charge in [-0.1, -0.05) is 30.7 Å². The summed E-state index contributed by atoms with van der Waals surface area (Å²) < 4.78 is 0. The van der Waals surface area contributed by atoms with Crippen molar-refractivity contribution in [2.45, 2.75) is 63.6 Å². The van der Waals surface area contributed by atoms with Crippen molar-refractivity contribution in [1.29, 1.82) is 0 Å². The van der Waals surface area contributed by atoms with Gasteiger partial charge in [-0.2, -0.15) is 0 Å². The molecule has 0 aliphatic heterocycles. The molecule has 1 aromatic heterocycles. The molecule has 5 rings (SSSR count). The summed E-state index contributed by atoms with van der Waals surface area (Å²) in [7, 11) is 0. The first-order chi connectivity index (χ1) is 14.2. The van der Waals surface area contributed by atoms with Crippen molar-refractivity contribution in [2.75, 3.05) is 0 Å². The first kappa shape index (κ1) is 18.8. The van der Waals surface area contributed by atoms with Crippen LogP contribution in [0, 0.1) is 17.8 Å². The van der Waals surface area contributed by atoms with E-state index in [2.05, 4.69) is 40.2 Å². The third-order valence-corrected chi connectivity index (χ3v) is 7.31. The van der Waals surface area contributed by atoms with E-state index in [1.807, 2.05) is 12.3 Å². The predicted molar refractivity (Wildman–Crippen MR) is 115 cm³/mol. The number of carbonyl (C=O) groups is 1. The van der Waals surface area contributed by atoms with Crippen molar-refractivity contribution in [3.63, 3.8) is 0 Å². The predicted octanol–water partition coefficient (Wildman–Crippen LogP) is 4.39. The zero-order valence-corrected chi connectivity index (χ0v) is 17.0. The van der Waals surface area contributed by atoms with Gasteiger partial charge in [0.15, 0.2) is 0 Å². The maximum Gasteiger partial charge on any atom is 0.226 e. The molecule has 4 nitrogen and oxygen atoms in total. The molecule has 2 unspecified atom stereocenters. The molecule has 2 atom stereocenters. The molecular formula is C25H31N3O. The van der Waals surface area contributed by atoms with Crippen LogP contribution >= 0.6 is 0 Å². The summed E-state index contributed by atoms with van der Waals surface area (Å²) in [6.07, 6.45) is 11.7. The van der Waals surface area contributed by atoms with Crippen LogP contribution in [0.5, 0.6) is 0 Å². The Kier molecular flexibility index (Phi) is 5.13. The molecule has 3 aliphatic carbocycles. The summed E-state index contributed by atoms with van der Waals surface area (Å²) in [6, 6.07) is 13.4. The van der Waals surface area contributed by atoms with E-state index < -0.39 is 0 Å². The van der Waals surface area contributed by atoms with Crippen LogP contribution < -0.4 is 5.73 Å². The lowest BCUT2D eigenvalue weighted by atomic mass is 9.65. The number of aromatic nitrogens is 1. The van der Waals surface area contributed by atoms with Gasteiger partial charge in [-0.25, -0.2) is 0 Å². The average molecular weight is 390 g/mol. The van der Waals surface area contributed by atoms with Gasteiger partial charge < -0.3 is 10.6 Å². The minimum Gasteiger partial charge on any atom is -0.335 e. The minimum absolute atomic E-state index is 0.173. The maximum atomic E-state index is 13.6. The Morgan fingerprint density at radius 1 is 1.03 bits per heavy atom. The van der Waals surface area contributed by atoms with Crippen molar-refractivity contribution in [2.24, 2.45) is 23.5 Å². The number of amides is 1. The maximum absolute atomic E-state index is 13.6. The molecule has 0 radical (unpaired) electrons. The van der Waals surface area contributed by atoms with Gasteiger partial charge in [-0.3, -0.25) is 9.78 Å². The quantitative estimate of drug-likeness (QED) is 0.825. The van der Waals surface area contributed by atoms with E-state index in [9.17, 15) is 4.79 Å². The lowest BCUT2D eigenvalue weighted by Gasteiger charge is -2.44. The number of carbonyl (C=O) groups excluding carboxylic acids is 1. The second-order valence-electron chi connectivity index (χ2n) is 9.34. The molecule has 0 saturated heterocycles. The molecular weight excluding hydrogens is 358 g/mol. The largest absolute Gasteiger partial charge is 0.335 e. The van der Waals surface area contributed by atoms with E-state index in [1.54, 1.807) is 6.20 Å². The zero-order valence-electron chi connectivity index (χ0n) is 17.0. The van der Waals surface area contributed by atoms with Crippen LogP contribution in [0.25, 0.3) is 11.1 Å². The molecule has 2 aromatic rings. The van der Waals surface area contributed by atoms with Crippen molar-refractivity contribution in [1.82, 2.24) is 9.88 Å². The summed E-state index contributed by atoms with van der Waals surface area (Å²) in [5.74, 6) is 1.65. The van der Waals surface area contributed by atoms with E-state index in [4.69, 9.17) is 5.73 Å². The number of nitrogens with zero attached hydrogens (tertiary/aromatic N) is 2. The molecule has 1 heterocycles.